The quantitative estimate of drug-likeness (QED) is 0.845. The smallest absolute Gasteiger partial charge is 0.321 e. The van der Waals surface area contributed by atoms with E-state index >= 15 is 0 Å². The van der Waals surface area contributed by atoms with E-state index in [1.807, 2.05) is 31.2 Å². The van der Waals surface area contributed by atoms with Gasteiger partial charge in [-0.3, -0.25) is 0 Å². The minimum Gasteiger partial charge on any atom is -0.493 e. The third-order valence-corrected chi connectivity index (χ3v) is 2.76. The largest absolute Gasteiger partial charge is 0.493 e. The van der Waals surface area contributed by atoms with Crippen LogP contribution < -0.4 is 14.8 Å². The molecule has 0 bridgehead atoms. The fourth-order valence-corrected chi connectivity index (χ4v) is 1.82. The summed E-state index contributed by atoms with van der Waals surface area (Å²) in [5.41, 5.74) is 0.819. The molecule has 112 valence electrons. The van der Waals surface area contributed by atoms with Gasteiger partial charge in [0.1, 0.15) is 5.75 Å². The Morgan fingerprint density at radius 3 is 2.62 bits per heavy atom. The van der Waals surface area contributed by atoms with Crippen molar-refractivity contribution in [1.29, 1.82) is 0 Å². The lowest BCUT2D eigenvalue weighted by atomic mass is 10.2. The zero-order chi connectivity index (χ0) is 15.1. The molecule has 1 heterocycles. The van der Waals surface area contributed by atoms with Crippen LogP contribution >= 0.6 is 0 Å². The summed E-state index contributed by atoms with van der Waals surface area (Å²) in [6.45, 7) is 5.40. The number of ether oxygens (including phenoxy) is 2. The van der Waals surface area contributed by atoms with Gasteiger partial charge in [-0.25, -0.2) is 0 Å². The molecule has 0 spiro atoms. The number of methoxy groups -OCH3 is 1. The van der Waals surface area contributed by atoms with Crippen molar-refractivity contribution in [3.63, 3.8) is 0 Å². The summed E-state index contributed by atoms with van der Waals surface area (Å²) >= 11 is 0. The Kier molecular flexibility index (Phi) is 5.31. The molecule has 0 atom stereocenters. The number of hydrogen-bond donors (Lipinski definition) is 1. The highest BCUT2D eigenvalue weighted by Crippen LogP contribution is 2.28. The molecule has 1 aromatic heterocycles. The molecular formula is C15H20N4O2. The number of benzene rings is 1. The Hall–Kier alpha value is -2.37. The number of para-hydroxylation sites is 1. The van der Waals surface area contributed by atoms with E-state index in [0.29, 0.717) is 18.4 Å². The predicted molar refractivity (Wildman–Crippen MR) is 81.8 cm³/mol. The summed E-state index contributed by atoms with van der Waals surface area (Å²) in [5.74, 6) is 1.78. The normalized spacial score (nSPS) is 10.2. The second-order valence-corrected chi connectivity index (χ2v) is 4.33. The van der Waals surface area contributed by atoms with Crippen LogP contribution in [-0.4, -0.2) is 35.2 Å². The lowest BCUT2D eigenvalue weighted by molar-refractivity contribution is 0.341. The molecule has 0 amide bonds. The second-order valence-electron chi connectivity index (χ2n) is 4.33. The fourth-order valence-electron chi connectivity index (χ4n) is 1.82. The fraction of sp³-hybridized carbons (Fsp3) is 0.400. The number of rotatable bonds is 7. The summed E-state index contributed by atoms with van der Waals surface area (Å²) in [6, 6.07) is 7.94. The second kappa shape index (κ2) is 7.42. The van der Waals surface area contributed by atoms with Gasteiger partial charge in [0.15, 0.2) is 5.82 Å². The molecule has 1 N–H and O–H groups in total. The van der Waals surface area contributed by atoms with E-state index < -0.39 is 0 Å². The van der Waals surface area contributed by atoms with Gasteiger partial charge in [0.25, 0.3) is 0 Å². The maximum Gasteiger partial charge on any atom is 0.321 e. The first-order valence-corrected chi connectivity index (χ1v) is 7.04. The Morgan fingerprint density at radius 2 is 1.90 bits per heavy atom. The molecule has 0 aliphatic heterocycles. The molecule has 0 aliphatic carbocycles. The van der Waals surface area contributed by atoms with E-state index in [1.54, 1.807) is 0 Å². The highest BCUT2D eigenvalue weighted by molar-refractivity contribution is 5.64. The van der Waals surface area contributed by atoms with E-state index in [1.165, 1.54) is 7.11 Å². The van der Waals surface area contributed by atoms with Gasteiger partial charge in [0, 0.05) is 6.54 Å². The minimum absolute atomic E-state index is 0.282. The number of hydrogen-bond acceptors (Lipinski definition) is 6. The monoisotopic (exact) mass is 288 g/mol. The lowest BCUT2D eigenvalue weighted by Gasteiger charge is -2.11. The first-order chi connectivity index (χ1) is 10.3. The zero-order valence-electron chi connectivity index (χ0n) is 12.6. The highest BCUT2D eigenvalue weighted by atomic mass is 16.5. The molecular weight excluding hydrogens is 268 g/mol. The van der Waals surface area contributed by atoms with Crippen molar-refractivity contribution in [2.45, 2.75) is 20.3 Å². The highest BCUT2D eigenvalue weighted by Gasteiger charge is 2.12. The van der Waals surface area contributed by atoms with Crippen LogP contribution in [0.15, 0.2) is 24.3 Å². The lowest BCUT2D eigenvalue weighted by Crippen LogP contribution is -2.08. The van der Waals surface area contributed by atoms with Gasteiger partial charge in [-0.2, -0.15) is 15.0 Å². The summed E-state index contributed by atoms with van der Waals surface area (Å²) < 4.78 is 10.8. The summed E-state index contributed by atoms with van der Waals surface area (Å²) in [7, 11) is 1.54. The van der Waals surface area contributed by atoms with Gasteiger partial charge in [-0.15, -0.1) is 0 Å². The first-order valence-electron chi connectivity index (χ1n) is 7.04. The van der Waals surface area contributed by atoms with Gasteiger partial charge < -0.3 is 14.8 Å². The SMILES string of the molecule is CCCNc1nc(OC)nc(-c2ccccc2OCC)n1. The van der Waals surface area contributed by atoms with Gasteiger partial charge in [-0.05, 0) is 25.5 Å². The van der Waals surface area contributed by atoms with E-state index in [0.717, 1.165) is 24.3 Å². The van der Waals surface area contributed by atoms with Crippen molar-refractivity contribution in [2.24, 2.45) is 0 Å². The molecule has 0 fully saturated rings. The van der Waals surface area contributed by atoms with Crippen LogP contribution in [0.1, 0.15) is 20.3 Å². The van der Waals surface area contributed by atoms with Crippen LogP contribution in [0, 0.1) is 0 Å². The summed E-state index contributed by atoms with van der Waals surface area (Å²) in [5, 5.41) is 3.15. The molecule has 21 heavy (non-hydrogen) atoms. The van der Waals surface area contributed by atoms with Crippen LogP contribution in [0.4, 0.5) is 5.95 Å². The van der Waals surface area contributed by atoms with Crippen LogP contribution in [0.3, 0.4) is 0 Å². The van der Waals surface area contributed by atoms with Crippen molar-refractivity contribution in [3.8, 4) is 23.1 Å². The minimum atomic E-state index is 0.282. The van der Waals surface area contributed by atoms with Crippen LogP contribution in [-0.2, 0) is 0 Å². The standard InChI is InChI=1S/C15H20N4O2/c1-4-10-16-14-17-13(18-15(19-14)20-3)11-8-6-7-9-12(11)21-5-2/h6-9H,4-5,10H2,1-3H3,(H,16,17,18,19). The van der Waals surface area contributed by atoms with Gasteiger partial charge in [0.05, 0.1) is 19.3 Å². The van der Waals surface area contributed by atoms with Crippen molar-refractivity contribution in [1.82, 2.24) is 15.0 Å². The molecule has 6 nitrogen and oxygen atoms in total. The van der Waals surface area contributed by atoms with Crippen LogP contribution in [0.25, 0.3) is 11.4 Å². The molecule has 6 heteroatoms. The molecule has 0 saturated carbocycles. The number of anilines is 1. The average molecular weight is 288 g/mol. The number of nitrogens with one attached hydrogen (secondary N) is 1. The van der Waals surface area contributed by atoms with Gasteiger partial charge in [0.2, 0.25) is 5.95 Å². The van der Waals surface area contributed by atoms with E-state index in [2.05, 4.69) is 27.2 Å². The van der Waals surface area contributed by atoms with Crippen LogP contribution in [0.5, 0.6) is 11.8 Å². The number of aromatic nitrogens is 3. The van der Waals surface area contributed by atoms with E-state index in [4.69, 9.17) is 9.47 Å². The molecule has 1 aromatic carbocycles. The van der Waals surface area contributed by atoms with E-state index in [-0.39, 0.29) is 6.01 Å². The first kappa shape index (κ1) is 15.0. The topological polar surface area (TPSA) is 69.2 Å². The molecule has 2 rings (SSSR count). The predicted octanol–water partition coefficient (Wildman–Crippen LogP) is 2.77. The maximum atomic E-state index is 5.62. The third kappa shape index (κ3) is 3.81. The zero-order valence-corrected chi connectivity index (χ0v) is 12.6. The van der Waals surface area contributed by atoms with Gasteiger partial charge >= 0.3 is 6.01 Å². The van der Waals surface area contributed by atoms with E-state index in [9.17, 15) is 0 Å². The summed E-state index contributed by atoms with van der Waals surface area (Å²) in [4.78, 5) is 12.9. The third-order valence-electron chi connectivity index (χ3n) is 2.76. The Balaban J connectivity index is 2.42. The molecule has 2 aromatic rings. The molecule has 0 radical (unpaired) electrons. The Bertz CT molecular complexity index is 590. The average Bonchev–Trinajstić information content (AvgIpc) is 2.53. The molecule has 0 aliphatic rings. The van der Waals surface area contributed by atoms with Gasteiger partial charge in [-0.1, -0.05) is 19.1 Å². The molecule has 0 saturated heterocycles. The molecule has 0 unspecified atom stereocenters. The van der Waals surface area contributed by atoms with Crippen molar-refractivity contribution in [3.05, 3.63) is 24.3 Å². The Labute approximate surface area is 124 Å². The van der Waals surface area contributed by atoms with Crippen LogP contribution in [0.2, 0.25) is 0 Å². The number of nitrogens with zero attached hydrogens (tertiary/aromatic N) is 3. The van der Waals surface area contributed by atoms with Crippen molar-refractivity contribution >= 4 is 5.95 Å². The van der Waals surface area contributed by atoms with Crippen molar-refractivity contribution < 1.29 is 9.47 Å². The Morgan fingerprint density at radius 1 is 1.10 bits per heavy atom. The summed E-state index contributed by atoms with van der Waals surface area (Å²) in [6.07, 6.45) is 0.985. The maximum absolute atomic E-state index is 5.62. The van der Waals surface area contributed by atoms with Crippen molar-refractivity contribution in [2.75, 3.05) is 25.6 Å².